The Morgan fingerprint density at radius 3 is 2.23 bits per heavy atom. The molecule has 4 heteroatoms. The van der Waals surface area contributed by atoms with Gasteiger partial charge in [-0.25, -0.2) is 13.2 Å². The third-order valence-corrected chi connectivity index (χ3v) is 1.45. The van der Waals surface area contributed by atoms with Gasteiger partial charge >= 0.3 is 0 Å². The van der Waals surface area contributed by atoms with Gasteiger partial charge in [0.1, 0.15) is 0 Å². The van der Waals surface area contributed by atoms with Crippen molar-refractivity contribution in [2.24, 2.45) is 0 Å². The lowest BCUT2D eigenvalue weighted by atomic mass is 10.2. The van der Waals surface area contributed by atoms with Crippen molar-refractivity contribution < 1.29 is 17.9 Å². The number of benzene rings is 1. The molecule has 13 heavy (non-hydrogen) atoms. The fourth-order valence-corrected chi connectivity index (χ4v) is 0.823. The summed E-state index contributed by atoms with van der Waals surface area (Å²) in [5, 5.41) is 0. The number of hydrogen-bond acceptors (Lipinski definition) is 1. The van der Waals surface area contributed by atoms with Crippen LogP contribution in [0.1, 0.15) is 5.56 Å². The van der Waals surface area contributed by atoms with Crippen LogP contribution in [0.3, 0.4) is 0 Å². The van der Waals surface area contributed by atoms with E-state index in [1.807, 2.05) is 0 Å². The average molecular weight is 190 g/mol. The summed E-state index contributed by atoms with van der Waals surface area (Å²) in [6.07, 6.45) is -5.58. The Morgan fingerprint density at radius 2 is 1.69 bits per heavy atom. The topological polar surface area (TPSA) is 9.23 Å². The lowest BCUT2D eigenvalue weighted by Crippen LogP contribution is -2.15. The first-order valence-corrected chi connectivity index (χ1v) is 3.78. The maximum Gasteiger partial charge on any atom is 0.293 e. The summed E-state index contributed by atoms with van der Waals surface area (Å²) in [5.41, 5.74) is 0.672. The van der Waals surface area contributed by atoms with Gasteiger partial charge in [-0.15, -0.1) is 0 Å². The Kier molecular flexibility index (Phi) is 3.76. The zero-order valence-corrected chi connectivity index (χ0v) is 6.79. The van der Waals surface area contributed by atoms with Gasteiger partial charge in [-0.2, -0.15) is 0 Å². The molecule has 1 aromatic carbocycles. The first-order chi connectivity index (χ1) is 6.20. The molecule has 1 rings (SSSR count). The minimum Gasteiger partial charge on any atom is -0.339 e. The van der Waals surface area contributed by atoms with Crippen molar-refractivity contribution in [1.29, 1.82) is 0 Å². The van der Waals surface area contributed by atoms with Crippen molar-refractivity contribution in [2.45, 2.75) is 19.4 Å². The number of ether oxygens (including phenoxy) is 1. The smallest absolute Gasteiger partial charge is 0.293 e. The van der Waals surface area contributed by atoms with E-state index in [1.54, 1.807) is 30.3 Å². The van der Waals surface area contributed by atoms with Crippen LogP contribution >= 0.6 is 0 Å². The van der Waals surface area contributed by atoms with Crippen LogP contribution in [0.15, 0.2) is 30.3 Å². The Morgan fingerprint density at radius 1 is 1.08 bits per heavy atom. The third-order valence-electron chi connectivity index (χ3n) is 1.45. The molecule has 1 unspecified atom stereocenters. The second-order valence-corrected chi connectivity index (χ2v) is 2.48. The first kappa shape index (κ1) is 10.1. The van der Waals surface area contributed by atoms with Gasteiger partial charge in [-0.1, -0.05) is 30.3 Å². The fraction of sp³-hybridized carbons (Fsp3) is 0.333. The van der Waals surface area contributed by atoms with E-state index in [0.29, 0.717) is 5.56 Å². The zero-order valence-electron chi connectivity index (χ0n) is 6.79. The van der Waals surface area contributed by atoms with Crippen LogP contribution in [0, 0.1) is 0 Å². The van der Waals surface area contributed by atoms with Crippen molar-refractivity contribution in [2.75, 3.05) is 0 Å². The van der Waals surface area contributed by atoms with E-state index < -0.39 is 12.8 Å². The van der Waals surface area contributed by atoms with Crippen LogP contribution in [0.2, 0.25) is 0 Å². The predicted molar refractivity (Wildman–Crippen MR) is 42.1 cm³/mol. The van der Waals surface area contributed by atoms with Gasteiger partial charge in [0, 0.05) is 0 Å². The average Bonchev–Trinajstić information content (AvgIpc) is 2.15. The second kappa shape index (κ2) is 4.87. The molecule has 0 aliphatic carbocycles. The molecule has 1 aromatic rings. The number of rotatable bonds is 4. The van der Waals surface area contributed by atoms with Crippen LogP contribution in [0.5, 0.6) is 0 Å². The normalized spacial score (nSPS) is 13.2. The summed E-state index contributed by atoms with van der Waals surface area (Å²) >= 11 is 0. The molecule has 0 saturated carbocycles. The number of hydrogen-bond donors (Lipinski definition) is 0. The standard InChI is InChI=1S/C9H9F3O/c10-8(11)9(12)13-6-7-4-2-1-3-5-7/h1-5,8-9H,6H2. The SMILES string of the molecule is FC(F)C(F)OCc1ccccc1. The van der Waals surface area contributed by atoms with Gasteiger partial charge in [0.05, 0.1) is 6.61 Å². The summed E-state index contributed by atoms with van der Waals surface area (Å²) in [7, 11) is 0. The molecule has 0 heterocycles. The highest BCUT2D eigenvalue weighted by Crippen LogP contribution is 2.10. The highest BCUT2D eigenvalue weighted by molar-refractivity contribution is 5.13. The third kappa shape index (κ3) is 3.46. The molecular formula is C9H9F3O. The van der Waals surface area contributed by atoms with Crippen LogP contribution in [0.4, 0.5) is 13.2 Å². The van der Waals surface area contributed by atoms with E-state index >= 15 is 0 Å². The Hall–Kier alpha value is -1.03. The highest BCUT2D eigenvalue weighted by Gasteiger charge is 2.19. The van der Waals surface area contributed by atoms with E-state index in [1.165, 1.54) is 0 Å². The predicted octanol–water partition coefficient (Wildman–Crippen LogP) is 2.76. The summed E-state index contributed by atoms with van der Waals surface area (Å²) < 4.78 is 39.8. The molecule has 0 fully saturated rings. The lowest BCUT2D eigenvalue weighted by molar-refractivity contribution is -0.135. The van der Waals surface area contributed by atoms with Crippen molar-refractivity contribution in [3.05, 3.63) is 35.9 Å². The lowest BCUT2D eigenvalue weighted by Gasteiger charge is -2.07. The molecule has 0 bridgehead atoms. The molecule has 0 aliphatic heterocycles. The van der Waals surface area contributed by atoms with E-state index in [0.717, 1.165) is 0 Å². The second-order valence-electron chi connectivity index (χ2n) is 2.48. The van der Waals surface area contributed by atoms with Gasteiger partial charge in [-0.05, 0) is 5.56 Å². The fourth-order valence-electron chi connectivity index (χ4n) is 0.823. The number of halogens is 3. The van der Waals surface area contributed by atoms with Gasteiger partial charge in [0.2, 0.25) is 0 Å². The summed E-state index contributed by atoms with van der Waals surface area (Å²) in [5.74, 6) is 0. The van der Waals surface area contributed by atoms with Gasteiger partial charge < -0.3 is 4.74 Å². The van der Waals surface area contributed by atoms with E-state index in [2.05, 4.69) is 4.74 Å². The summed E-state index contributed by atoms with van der Waals surface area (Å²) in [4.78, 5) is 0. The van der Waals surface area contributed by atoms with Crippen LogP contribution in [0.25, 0.3) is 0 Å². The van der Waals surface area contributed by atoms with Crippen molar-refractivity contribution in [3.63, 3.8) is 0 Å². The summed E-state index contributed by atoms with van der Waals surface area (Å²) in [6.45, 7) is -0.133. The first-order valence-electron chi connectivity index (χ1n) is 3.78. The van der Waals surface area contributed by atoms with Gasteiger partial charge in [0.25, 0.3) is 12.8 Å². The molecule has 0 saturated heterocycles. The molecule has 0 aliphatic rings. The molecule has 1 atom stereocenters. The molecule has 0 N–H and O–H groups in total. The van der Waals surface area contributed by atoms with Crippen molar-refractivity contribution >= 4 is 0 Å². The maximum absolute atomic E-state index is 12.2. The molecule has 0 radical (unpaired) electrons. The van der Waals surface area contributed by atoms with Crippen LogP contribution in [-0.2, 0) is 11.3 Å². The molecule has 0 spiro atoms. The maximum atomic E-state index is 12.2. The largest absolute Gasteiger partial charge is 0.339 e. The molecule has 1 nitrogen and oxygen atoms in total. The molecular weight excluding hydrogens is 181 g/mol. The monoisotopic (exact) mass is 190 g/mol. The molecule has 0 amide bonds. The quantitative estimate of drug-likeness (QED) is 0.709. The Balaban J connectivity index is 2.35. The minimum atomic E-state index is -3.08. The Labute approximate surface area is 74.1 Å². The molecule has 72 valence electrons. The van der Waals surface area contributed by atoms with E-state index in [-0.39, 0.29) is 6.61 Å². The zero-order chi connectivity index (χ0) is 9.68. The minimum absolute atomic E-state index is 0.133. The Bertz CT molecular complexity index is 238. The van der Waals surface area contributed by atoms with Gasteiger partial charge in [-0.3, -0.25) is 0 Å². The van der Waals surface area contributed by atoms with E-state index in [9.17, 15) is 13.2 Å². The van der Waals surface area contributed by atoms with Gasteiger partial charge in [0.15, 0.2) is 0 Å². The number of alkyl halides is 3. The van der Waals surface area contributed by atoms with Crippen molar-refractivity contribution in [1.82, 2.24) is 0 Å². The highest BCUT2D eigenvalue weighted by atomic mass is 19.3. The summed E-state index contributed by atoms with van der Waals surface area (Å²) in [6, 6.07) is 8.60. The van der Waals surface area contributed by atoms with Crippen molar-refractivity contribution in [3.8, 4) is 0 Å². The molecule has 0 aromatic heterocycles. The van der Waals surface area contributed by atoms with E-state index in [4.69, 9.17) is 0 Å². The van der Waals surface area contributed by atoms with Crippen LogP contribution < -0.4 is 0 Å². The van der Waals surface area contributed by atoms with Crippen LogP contribution in [-0.4, -0.2) is 12.8 Å².